The molecule has 150 valence electrons. The number of guanidine groups is 1. The average molecular weight is 510 g/mol. The summed E-state index contributed by atoms with van der Waals surface area (Å²) < 4.78 is 62.8. The number of hydrogen-bond acceptors (Lipinski definition) is 4. The molecule has 1 aliphatic rings. The fraction of sp³-hybridized carbons (Fsp3) is 0.692. The van der Waals surface area contributed by atoms with Crippen LogP contribution in [0.3, 0.4) is 0 Å². The lowest BCUT2D eigenvalue weighted by Crippen LogP contribution is -2.51. The van der Waals surface area contributed by atoms with Gasteiger partial charge < -0.3 is 15.2 Å². The minimum absolute atomic E-state index is 0. The number of aliphatic imine (C=N–C) groups is 1. The number of nitrogens with one attached hydrogen (secondary N) is 2. The zero-order valence-corrected chi connectivity index (χ0v) is 17.3. The van der Waals surface area contributed by atoms with E-state index in [1.54, 1.807) is 19.6 Å². The Hall–Kier alpha value is -1.09. The highest BCUT2D eigenvalue weighted by Crippen LogP contribution is 2.28. The Labute approximate surface area is 167 Å². The summed E-state index contributed by atoms with van der Waals surface area (Å²) in [6, 6.07) is -0.140. The van der Waals surface area contributed by atoms with Gasteiger partial charge in [0.2, 0.25) is 0 Å². The predicted octanol–water partition coefficient (Wildman–Crippen LogP) is 0.980. The Morgan fingerprint density at radius 1 is 1.35 bits per heavy atom. The third kappa shape index (κ3) is 5.97. The maximum Gasteiger partial charge on any atom is 0.511 e. The van der Waals surface area contributed by atoms with Crippen LogP contribution in [0.1, 0.15) is 12.8 Å². The second-order valence-electron chi connectivity index (χ2n) is 5.57. The van der Waals surface area contributed by atoms with E-state index in [1.807, 2.05) is 10.8 Å². The van der Waals surface area contributed by atoms with Gasteiger partial charge in [-0.1, -0.05) is 0 Å². The van der Waals surface area contributed by atoms with Gasteiger partial charge in [-0.15, -0.1) is 24.0 Å². The van der Waals surface area contributed by atoms with E-state index in [9.17, 15) is 21.6 Å². The smallest absolute Gasteiger partial charge is 0.355 e. The fourth-order valence-electron chi connectivity index (χ4n) is 2.50. The first-order valence-corrected chi connectivity index (χ1v) is 9.17. The number of sulfonamides is 1. The SMILES string of the molecule is CN=C(NCCn1ccnc1)NC1CCN(S(=O)(=O)C(F)(F)F)CC1.I. The van der Waals surface area contributed by atoms with E-state index in [0.717, 1.165) is 0 Å². The first kappa shape index (κ1) is 23.0. The van der Waals surface area contributed by atoms with E-state index in [0.29, 0.717) is 23.4 Å². The molecule has 0 amide bonds. The molecule has 13 heteroatoms. The molecule has 1 saturated heterocycles. The monoisotopic (exact) mass is 510 g/mol. The van der Waals surface area contributed by atoms with Crippen molar-refractivity contribution >= 4 is 40.0 Å². The van der Waals surface area contributed by atoms with E-state index in [1.165, 1.54) is 0 Å². The van der Waals surface area contributed by atoms with Crippen molar-refractivity contribution in [1.29, 1.82) is 0 Å². The largest absolute Gasteiger partial charge is 0.511 e. The predicted molar refractivity (Wildman–Crippen MR) is 102 cm³/mol. The second kappa shape index (κ2) is 9.73. The highest BCUT2D eigenvalue weighted by Gasteiger charge is 2.50. The first-order chi connectivity index (χ1) is 11.7. The maximum absolute atomic E-state index is 12.6. The van der Waals surface area contributed by atoms with Crippen molar-refractivity contribution in [2.24, 2.45) is 4.99 Å². The molecule has 1 fully saturated rings. The van der Waals surface area contributed by atoms with Gasteiger partial charge in [0.1, 0.15) is 0 Å². The molecule has 1 aliphatic heterocycles. The third-order valence-electron chi connectivity index (χ3n) is 3.87. The molecule has 0 atom stereocenters. The van der Waals surface area contributed by atoms with Crippen molar-refractivity contribution in [2.45, 2.75) is 30.9 Å². The molecule has 26 heavy (non-hydrogen) atoms. The Bertz CT molecular complexity index is 673. The van der Waals surface area contributed by atoms with Crippen molar-refractivity contribution in [2.75, 3.05) is 26.7 Å². The summed E-state index contributed by atoms with van der Waals surface area (Å²) in [6.07, 6.45) is 5.74. The van der Waals surface area contributed by atoms with Crippen LogP contribution in [0.4, 0.5) is 13.2 Å². The Morgan fingerprint density at radius 3 is 2.50 bits per heavy atom. The molecular formula is C13H22F3IN6O2S. The highest BCUT2D eigenvalue weighted by molar-refractivity contribution is 14.0. The van der Waals surface area contributed by atoms with E-state index in [-0.39, 0.29) is 55.9 Å². The number of imidazole rings is 1. The van der Waals surface area contributed by atoms with Gasteiger partial charge in [-0.05, 0) is 12.8 Å². The van der Waals surface area contributed by atoms with Crippen LogP contribution in [0.2, 0.25) is 0 Å². The second-order valence-corrected chi connectivity index (χ2v) is 7.50. The molecule has 1 aromatic rings. The molecule has 8 nitrogen and oxygen atoms in total. The number of aromatic nitrogens is 2. The van der Waals surface area contributed by atoms with Gasteiger partial charge in [-0.2, -0.15) is 17.5 Å². The van der Waals surface area contributed by atoms with E-state index < -0.39 is 15.5 Å². The minimum atomic E-state index is -5.25. The van der Waals surface area contributed by atoms with Crippen LogP contribution in [0.15, 0.2) is 23.7 Å². The van der Waals surface area contributed by atoms with E-state index in [4.69, 9.17) is 0 Å². The quantitative estimate of drug-likeness (QED) is 0.350. The lowest BCUT2D eigenvalue weighted by molar-refractivity contribution is -0.0494. The maximum atomic E-state index is 12.6. The van der Waals surface area contributed by atoms with Crippen LogP contribution in [-0.2, 0) is 16.6 Å². The number of nitrogens with zero attached hydrogens (tertiary/aromatic N) is 4. The van der Waals surface area contributed by atoms with Gasteiger partial charge in [0.25, 0.3) is 0 Å². The average Bonchev–Trinajstić information content (AvgIpc) is 3.06. The van der Waals surface area contributed by atoms with Gasteiger partial charge in [0, 0.05) is 51.7 Å². The van der Waals surface area contributed by atoms with Crippen molar-refractivity contribution in [3.8, 4) is 0 Å². The van der Waals surface area contributed by atoms with Crippen LogP contribution >= 0.6 is 24.0 Å². The number of alkyl halides is 3. The summed E-state index contributed by atoms with van der Waals surface area (Å²) in [4.78, 5) is 8.00. The molecule has 0 aliphatic carbocycles. The molecule has 1 aromatic heterocycles. The zero-order chi connectivity index (χ0) is 18.5. The molecule has 0 unspecified atom stereocenters. The Morgan fingerprint density at radius 2 is 2.00 bits per heavy atom. The van der Waals surface area contributed by atoms with Crippen molar-refractivity contribution in [3.63, 3.8) is 0 Å². The van der Waals surface area contributed by atoms with E-state index >= 15 is 0 Å². The van der Waals surface area contributed by atoms with Crippen LogP contribution in [0, 0.1) is 0 Å². The minimum Gasteiger partial charge on any atom is -0.355 e. The van der Waals surface area contributed by atoms with Gasteiger partial charge in [0.05, 0.1) is 6.33 Å². The summed E-state index contributed by atoms with van der Waals surface area (Å²) in [5.41, 5.74) is -5.25. The zero-order valence-electron chi connectivity index (χ0n) is 14.1. The van der Waals surface area contributed by atoms with Gasteiger partial charge in [0.15, 0.2) is 5.96 Å². The molecule has 2 N–H and O–H groups in total. The summed E-state index contributed by atoms with van der Waals surface area (Å²) in [7, 11) is -3.65. The van der Waals surface area contributed by atoms with Crippen LogP contribution in [0.25, 0.3) is 0 Å². The van der Waals surface area contributed by atoms with E-state index in [2.05, 4.69) is 20.6 Å². The fourth-order valence-corrected chi connectivity index (χ4v) is 3.48. The topological polar surface area (TPSA) is 91.6 Å². The molecule has 2 heterocycles. The lowest BCUT2D eigenvalue weighted by Gasteiger charge is -2.32. The molecular weight excluding hydrogens is 488 g/mol. The summed E-state index contributed by atoms with van der Waals surface area (Å²) in [6.45, 7) is 0.928. The molecule has 0 aromatic carbocycles. The van der Waals surface area contributed by atoms with Crippen molar-refractivity contribution in [1.82, 2.24) is 24.5 Å². The third-order valence-corrected chi connectivity index (χ3v) is 5.50. The Balaban J connectivity index is 0.00000338. The lowest BCUT2D eigenvalue weighted by atomic mass is 10.1. The van der Waals surface area contributed by atoms with Gasteiger partial charge in [-0.25, -0.2) is 13.4 Å². The van der Waals surface area contributed by atoms with Gasteiger partial charge >= 0.3 is 15.5 Å². The number of hydrogen-bond donors (Lipinski definition) is 2. The molecule has 2 rings (SSSR count). The van der Waals surface area contributed by atoms with Crippen LogP contribution in [-0.4, -0.2) is 66.5 Å². The number of rotatable bonds is 5. The van der Waals surface area contributed by atoms with Gasteiger partial charge in [-0.3, -0.25) is 4.99 Å². The standard InChI is InChI=1S/C13H21F3N6O2S.HI/c1-17-12(19-5-9-21-8-4-18-10-21)20-11-2-6-22(7-3-11)25(23,24)13(14,15)16;/h4,8,10-11H,2-3,5-7,9H2,1H3,(H2,17,19,20);1H. The van der Waals surface area contributed by atoms with Crippen LogP contribution in [0.5, 0.6) is 0 Å². The van der Waals surface area contributed by atoms with Crippen LogP contribution < -0.4 is 10.6 Å². The molecule has 0 spiro atoms. The highest BCUT2D eigenvalue weighted by atomic mass is 127. The molecule has 0 saturated carbocycles. The normalized spacial score (nSPS) is 17.6. The van der Waals surface area contributed by atoms with Crippen molar-refractivity contribution < 1.29 is 21.6 Å². The van der Waals surface area contributed by atoms with Crippen molar-refractivity contribution in [3.05, 3.63) is 18.7 Å². The summed E-state index contributed by atoms with van der Waals surface area (Å²) >= 11 is 0. The number of piperidine rings is 1. The number of halogens is 4. The molecule has 0 radical (unpaired) electrons. The molecule has 0 bridgehead atoms. The Kier molecular flexibility index (Phi) is 8.59. The summed E-state index contributed by atoms with van der Waals surface area (Å²) in [5, 5.41) is 6.21. The first-order valence-electron chi connectivity index (χ1n) is 7.73. The summed E-state index contributed by atoms with van der Waals surface area (Å²) in [5.74, 6) is 0.525.